The van der Waals surface area contributed by atoms with Crippen molar-refractivity contribution in [2.24, 2.45) is 5.10 Å². The first-order valence-electron chi connectivity index (χ1n) is 11.0. The normalized spacial score (nSPS) is 14.8. The zero-order chi connectivity index (χ0) is 22.8. The largest absolute Gasteiger partial charge is 0.372 e. The minimum absolute atomic E-state index is 0.214. The highest BCUT2D eigenvalue weighted by molar-refractivity contribution is 8.10. The Morgan fingerprint density at radius 3 is 2.44 bits per heavy atom. The molecule has 0 fully saturated rings. The van der Waals surface area contributed by atoms with Gasteiger partial charge in [-0.05, 0) is 56.2 Å². The van der Waals surface area contributed by atoms with Crippen LogP contribution in [-0.2, 0) is 14.1 Å². The number of hydrogen-bond acceptors (Lipinski definition) is 7. The van der Waals surface area contributed by atoms with Gasteiger partial charge in [0.15, 0.2) is 5.04 Å². The molecule has 7 nitrogen and oxygen atoms in total. The van der Waals surface area contributed by atoms with Gasteiger partial charge in [0.2, 0.25) is 0 Å². The van der Waals surface area contributed by atoms with Gasteiger partial charge in [0.05, 0.1) is 23.3 Å². The number of anilines is 2. The van der Waals surface area contributed by atoms with Crippen LogP contribution in [0.4, 0.5) is 11.4 Å². The monoisotopic (exact) mass is 454 g/mol. The fourth-order valence-electron chi connectivity index (χ4n) is 3.23. The van der Waals surface area contributed by atoms with Crippen molar-refractivity contribution in [2.45, 2.75) is 33.6 Å². The Bertz CT molecular complexity index is 928. The fraction of sp³-hybridized carbons (Fsp3) is 0.333. The molecular formula is C24H30N4O3S. The van der Waals surface area contributed by atoms with Gasteiger partial charge in [-0.15, -0.1) is 9.32 Å². The third-order valence-corrected chi connectivity index (χ3v) is 5.61. The highest BCUT2D eigenvalue weighted by Gasteiger charge is 2.32. The molecule has 1 N–H and O–H groups in total. The standard InChI is InChI=1S/C24H30N4O3S/c1-4-7-17-25-30-31-32-23-22(24(29)28(26-23)21-11-9-8-10-12-21)18-19-13-15-20(16-14-19)27(5-2)6-3/h8-16,18,25H,4-7,17H2,1-3H3/b22-18-. The van der Waals surface area contributed by atoms with Crippen molar-refractivity contribution >= 4 is 40.4 Å². The summed E-state index contributed by atoms with van der Waals surface area (Å²) in [5.74, 6) is -0.214. The van der Waals surface area contributed by atoms with E-state index in [1.165, 1.54) is 5.01 Å². The third-order valence-electron chi connectivity index (χ3n) is 5.02. The second-order valence-corrected chi connectivity index (χ2v) is 7.85. The number of nitrogens with one attached hydrogen (secondary N) is 1. The zero-order valence-corrected chi connectivity index (χ0v) is 19.6. The van der Waals surface area contributed by atoms with Gasteiger partial charge in [0.1, 0.15) is 0 Å². The SMILES string of the molecule is CCCCNOOSC1=NN(c2ccccc2)C(=O)/C1=C\c1ccc(N(CC)CC)cc1. The number of para-hydroxylation sites is 1. The van der Waals surface area contributed by atoms with Crippen molar-refractivity contribution in [3.05, 3.63) is 65.7 Å². The molecule has 0 bridgehead atoms. The molecule has 0 spiro atoms. The van der Waals surface area contributed by atoms with Crippen LogP contribution in [0.2, 0.25) is 0 Å². The summed E-state index contributed by atoms with van der Waals surface area (Å²) in [7, 11) is 0. The summed E-state index contributed by atoms with van der Waals surface area (Å²) >= 11 is 0.913. The number of unbranched alkanes of at least 4 members (excludes halogenated alkanes) is 1. The lowest BCUT2D eigenvalue weighted by atomic mass is 10.1. The van der Waals surface area contributed by atoms with Crippen LogP contribution in [0.3, 0.4) is 0 Å². The summed E-state index contributed by atoms with van der Waals surface area (Å²) in [6.07, 6.45) is 3.86. The van der Waals surface area contributed by atoms with Crippen LogP contribution in [0, 0.1) is 0 Å². The van der Waals surface area contributed by atoms with Gasteiger partial charge < -0.3 is 4.90 Å². The van der Waals surface area contributed by atoms with E-state index in [2.05, 4.69) is 48.4 Å². The molecule has 32 heavy (non-hydrogen) atoms. The van der Waals surface area contributed by atoms with E-state index in [4.69, 9.17) is 9.32 Å². The number of rotatable bonds is 11. The van der Waals surface area contributed by atoms with Gasteiger partial charge in [-0.2, -0.15) is 15.6 Å². The molecule has 0 unspecified atom stereocenters. The van der Waals surface area contributed by atoms with Crippen LogP contribution < -0.4 is 15.4 Å². The zero-order valence-electron chi connectivity index (χ0n) is 18.8. The van der Waals surface area contributed by atoms with Gasteiger partial charge in [-0.25, -0.2) is 0 Å². The van der Waals surface area contributed by atoms with Gasteiger partial charge in [0, 0.05) is 25.3 Å². The lowest BCUT2D eigenvalue weighted by Crippen LogP contribution is -2.21. The van der Waals surface area contributed by atoms with E-state index in [-0.39, 0.29) is 5.91 Å². The molecule has 0 aromatic heterocycles. The van der Waals surface area contributed by atoms with Crippen molar-refractivity contribution in [1.82, 2.24) is 5.48 Å². The van der Waals surface area contributed by atoms with Crippen molar-refractivity contribution in [2.75, 3.05) is 29.5 Å². The predicted octanol–water partition coefficient (Wildman–Crippen LogP) is 5.18. The Labute approximate surface area is 194 Å². The molecule has 1 aliphatic heterocycles. The van der Waals surface area contributed by atoms with E-state index >= 15 is 0 Å². The first-order valence-corrected chi connectivity index (χ1v) is 11.7. The van der Waals surface area contributed by atoms with Crippen LogP contribution in [-0.4, -0.2) is 30.6 Å². The molecule has 2 aromatic rings. The van der Waals surface area contributed by atoms with E-state index in [1.807, 2.05) is 48.5 Å². The molecular weight excluding hydrogens is 424 g/mol. The average Bonchev–Trinajstić information content (AvgIpc) is 3.14. The van der Waals surface area contributed by atoms with Gasteiger partial charge in [-0.1, -0.05) is 43.7 Å². The molecule has 0 saturated carbocycles. The van der Waals surface area contributed by atoms with Crippen LogP contribution in [0.5, 0.6) is 0 Å². The Kier molecular flexibility index (Phi) is 9.30. The number of nitrogens with zero attached hydrogens (tertiary/aromatic N) is 3. The minimum Gasteiger partial charge on any atom is -0.372 e. The van der Waals surface area contributed by atoms with Crippen LogP contribution in [0.15, 0.2) is 65.3 Å². The fourth-order valence-corrected chi connectivity index (χ4v) is 3.72. The highest BCUT2D eigenvalue weighted by Crippen LogP contribution is 2.30. The Morgan fingerprint density at radius 1 is 1.06 bits per heavy atom. The number of hydrogen-bond donors (Lipinski definition) is 1. The molecule has 2 aromatic carbocycles. The summed E-state index contributed by atoms with van der Waals surface area (Å²) in [6, 6.07) is 17.5. The predicted molar refractivity (Wildman–Crippen MR) is 132 cm³/mol. The number of benzene rings is 2. The molecule has 8 heteroatoms. The molecule has 0 radical (unpaired) electrons. The van der Waals surface area contributed by atoms with Crippen LogP contribution >= 0.6 is 12.0 Å². The summed E-state index contributed by atoms with van der Waals surface area (Å²) in [4.78, 5) is 20.5. The maximum atomic E-state index is 13.2. The Hall–Kier alpha value is -2.65. The number of carbonyl (C=O) groups excluding carboxylic acids is 1. The van der Waals surface area contributed by atoms with Crippen LogP contribution in [0.25, 0.3) is 6.08 Å². The van der Waals surface area contributed by atoms with Gasteiger partial charge >= 0.3 is 0 Å². The number of amides is 1. The van der Waals surface area contributed by atoms with E-state index in [9.17, 15) is 4.79 Å². The van der Waals surface area contributed by atoms with E-state index in [1.54, 1.807) is 0 Å². The number of hydrazone groups is 1. The first-order chi connectivity index (χ1) is 15.7. The van der Waals surface area contributed by atoms with Gasteiger partial charge in [0.25, 0.3) is 5.91 Å². The van der Waals surface area contributed by atoms with Crippen LogP contribution in [0.1, 0.15) is 39.2 Å². The van der Waals surface area contributed by atoms with Crippen molar-refractivity contribution in [3.8, 4) is 0 Å². The lowest BCUT2D eigenvalue weighted by Gasteiger charge is -2.20. The van der Waals surface area contributed by atoms with Crippen molar-refractivity contribution < 1.29 is 14.1 Å². The van der Waals surface area contributed by atoms with E-state index < -0.39 is 0 Å². The smallest absolute Gasteiger partial charge is 0.281 e. The number of carbonyl (C=O) groups is 1. The Morgan fingerprint density at radius 2 is 1.78 bits per heavy atom. The van der Waals surface area contributed by atoms with E-state index in [0.717, 1.165) is 49.2 Å². The highest BCUT2D eigenvalue weighted by atomic mass is 32.2. The summed E-state index contributed by atoms with van der Waals surface area (Å²) in [6.45, 7) is 8.93. The molecule has 0 aliphatic carbocycles. The Balaban J connectivity index is 1.79. The number of hydroxylamine groups is 1. The van der Waals surface area contributed by atoms with E-state index in [0.29, 0.717) is 22.8 Å². The molecule has 1 heterocycles. The minimum atomic E-state index is -0.214. The molecule has 3 rings (SSSR count). The summed E-state index contributed by atoms with van der Waals surface area (Å²) in [5.41, 5.74) is 5.94. The summed E-state index contributed by atoms with van der Waals surface area (Å²) < 4.78 is 5.19. The molecule has 0 atom stereocenters. The molecule has 1 amide bonds. The lowest BCUT2D eigenvalue weighted by molar-refractivity contribution is -0.243. The quantitative estimate of drug-likeness (QED) is 0.166. The second kappa shape index (κ2) is 12.4. The molecule has 0 saturated heterocycles. The molecule has 1 aliphatic rings. The third kappa shape index (κ3) is 6.20. The first kappa shape index (κ1) is 24.0. The average molecular weight is 455 g/mol. The molecule has 170 valence electrons. The second-order valence-electron chi connectivity index (χ2n) is 7.16. The van der Waals surface area contributed by atoms with Gasteiger partial charge in [-0.3, -0.25) is 4.79 Å². The maximum absolute atomic E-state index is 13.2. The maximum Gasteiger partial charge on any atom is 0.281 e. The van der Waals surface area contributed by atoms with Crippen molar-refractivity contribution in [3.63, 3.8) is 0 Å². The van der Waals surface area contributed by atoms with Crippen molar-refractivity contribution in [1.29, 1.82) is 0 Å². The topological polar surface area (TPSA) is 66.4 Å². The summed E-state index contributed by atoms with van der Waals surface area (Å²) in [5, 5.41) is 6.29.